The minimum atomic E-state index is 0.584. The van der Waals surface area contributed by atoms with Gasteiger partial charge in [-0.2, -0.15) is 0 Å². The number of likely N-dealkylation sites (tertiary alicyclic amines) is 1. The van der Waals surface area contributed by atoms with Crippen LogP contribution in [0.1, 0.15) is 45.3 Å². The zero-order valence-electron chi connectivity index (χ0n) is 15.6. The van der Waals surface area contributed by atoms with Gasteiger partial charge in [0.15, 0.2) is 5.96 Å². The van der Waals surface area contributed by atoms with Crippen LogP contribution in [-0.2, 0) is 13.0 Å². The molecule has 0 saturated carbocycles. The maximum Gasteiger partial charge on any atom is 0.193 e. The summed E-state index contributed by atoms with van der Waals surface area (Å²) in [7, 11) is 0. The van der Waals surface area contributed by atoms with Crippen LogP contribution in [0, 0.1) is 24.7 Å². The third-order valence-corrected chi connectivity index (χ3v) is 5.23. The summed E-state index contributed by atoms with van der Waals surface area (Å²) in [4.78, 5) is 7.45. The number of hydrogen-bond acceptors (Lipinski definition) is 3. The summed E-state index contributed by atoms with van der Waals surface area (Å²) in [5.74, 6) is 5.34. The molecular weight excluding hydrogens is 300 g/mol. The van der Waals surface area contributed by atoms with Crippen LogP contribution in [0.5, 0.6) is 0 Å². The number of aromatic nitrogens is 3. The van der Waals surface area contributed by atoms with Gasteiger partial charge in [0.2, 0.25) is 0 Å². The fraction of sp³-hybridized carbons (Fsp3) is 0.833. The Kier molecular flexibility index (Phi) is 5.41. The molecule has 0 amide bonds. The van der Waals surface area contributed by atoms with Crippen LogP contribution < -0.4 is 5.32 Å². The zero-order chi connectivity index (χ0) is 17.1. The number of piperidine rings is 1. The number of fused-ring (bicyclic) bond motifs is 1. The Morgan fingerprint density at radius 3 is 2.67 bits per heavy atom. The Morgan fingerprint density at radius 1 is 1.21 bits per heavy atom. The van der Waals surface area contributed by atoms with E-state index in [0.29, 0.717) is 5.92 Å². The Balaban J connectivity index is 1.65. The second-order valence-corrected chi connectivity index (χ2v) is 7.72. The van der Waals surface area contributed by atoms with Crippen LogP contribution in [0.3, 0.4) is 0 Å². The molecule has 3 heterocycles. The number of nitrogens with zero attached hydrogens (tertiary/aromatic N) is 5. The van der Waals surface area contributed by atoms with Crippen molar-refractivity contribution in [2.45, 2.75) is 53.5 Å². The molecule has 0 spiro atoms. The molecular formula is C18H32N6. The molecule has 2 aliphatic heterocycles. The molecule has 0 radical (unpaired) electrons. The van der Waals surface area contributed by atoms with E-state index in [0.717, 1.165) is 75.0 Å². The topological polar surface area (TPSA) is 58.3 Å². The van der Waals surface area contributed by atoms with Crippen molar-refractivity contribution in [3.8, 4) is 0 Å². The lowest BCUT2D eigenvalue weighted by Crippen LogP contribution is -2.48. The number of guanidine groups is 1. The van der Waals surface area contributed by atoms with E-state index < -0.39 is 0 Å². The molecule has 1 aromatic heterocycles. The summed E-state index contributed by atoms with van der Waals surface area (Å²) >= 11 is 0. The van der Waals surface area contributed by atoms with Crippen LogP contribution in [0.25, 0.3) is 0 Å². The SMILES string of the molecule is CCNC(=NCC1CCc2nnc(C)n2C1)N1CC(C)CC(C)C1. The van der Waals surface area contributed by atoms with E-state index in [1.54, 1.807) is 0 Å². The van der Waals surface area contributed by atoms with Crippen LogP contribution in [-0.4, -0.2) is 51.8 Å². The smallest absolute Gasteiger partial charge is 0.193 e. The average Bonchev–Trinajstić information content (AvgIpc) is 2.91. The Morgan fingerprint density at radius 2 is 1.96 bits per heavy atom. The molecule has 2 aliphatic rings. The van der Waals surface area contributed by atoms with Gasteiger partial charge in [-0.1, -0.05) is 13.8 Å². The van der Waals surface area contributed by atoms with E-state index >= 15 is 0 Å². The van der Waals surface area contributed by atoms with Crippen molar-refractivity contribution in [3.05, 3.63) is 11.6 Å². The highest BCUT2D eigenvalue weighted by molar-refractivity contribution is 5.80. The van der Waals surface area contributed by atoms with Gasteiger partial charge in [0.05, 0.1) is 0 Å². The maximum atomic E-state index is 4.99. The Bertz CT molecular complexity index is 568. The second kappa shape index (κ2) is 7.53. The molecule has 3 rings (SSSR count). The van der Waals surface area contributed by atoms with Gasteiger partial charge >= 0.3 is 0 Å². The molecule has 3 unspecified atom stereocenters. The molecule has 0 bridgehead atoms. The van der Waals surface area contributed by atoms with E-state index in [1.165, 1.54) is 6.42 Å². The molecule has 1 saturated heterocycles. The molecule has 1 fully saturated rings. The van der Waals surface area contributed by atoms with Gasteiger partial charge < -0.3 is 14.8 Å². The Labute approximate surface area is 145 Å². The van der Waals surface area contributed by atoms with Crippen molar-refractivity contribution in [2.24, 2.45) is 22.7 Å². The lowest BCUT2D eigenvalue weighted by Gasteiger charge is -2.37. The lowest BCUT2D eigenvalue weighted by molar-refractivity contribution is 0.208. The van der Waals surface area contributed by atoms with Crippen molar-refractivity contribution in [3.63, 3.8) is 0 Å². The molecule has 1 N–H and O–H groups in total. The fourth-order valence-electron chi connectivity index (χ4n) is 4.16. The number of aryl methyl sites for hydroxylation is 2. The van der Waals surface area contributed by atoms with Crippen LogP contribution in [0.15, 0.2) is 4.99 Å². The monoisotopic (exact) mass is 332 g/mol. The van der Waals surface area contributed by atoms with Crippen molar-refractivity contribution >= 4 is 5.96 Å². The van der Waals surface area contributed by atoms with Crippen LogP contribution in [0.2, 0.25) is 0 Å². The van der Waals surface area contributed by atoms with E-state index in [-0.39, 0.29) is 0 Å². The molecule has 0 aliphatic carbocycles. The van der Waals surface area contributed by atoms with Gasteiger partial charge in [-0.3, -0.25) is 4.99 Å². The first-order chi connectivity index (χ1) is 11.6. The van der Waals surface area contributed by atoms with E-state index in [4.69, 9.17) is 4.99 Å². The highest BCUT2D eigenvalue weighted by atomic mass is 15.3. The van der Waals surface area contributed by atoms with E-state index in [2.05, 4.69) is 45.8 Å². The van der Waals surface area contributed by atoms with Crippen molar-refractivity contribution < 1.29 is 0 Å². The van der Waals surface area contributed by atoms with Crippen molar-refractivity contribution in [1.82, 2.24) is 25.0 Å². The van der Waals surface area contributed by atoms with Gasteiger partial charge in [0, 0.05) is 39.1 Å². The number of aliphatic imine (C=N–C) groups is 1. The Hall–Kier alpha value is -1.59. The number of nitrogens with one attached hydrogen (secondary N) is 1. The molecule has 6 heteroatoms. The van der Waals surface area contributed by atoms with Gasteiger partial charge in [0.1, 0.15) is 11.6 Å². The number of hydrogen-bond donors (Lipinski definition) is 1. The molecule has 0 aromatic carbocycles. The van der Waals surface area contributed by atoms with Gasteiger partial charge in [-0.25, -0.2) is 0 Å². The minimum absolute atomic E-state index is 0.584. The van der Waals surface area contributed by atoms with Gasteiger partial charge in [-0.15, -0.1) is 10.2 Å². The predicted octanol–water partition coefficient (Wildman–Crippen LogP) is 2.09. The van der Waals surface area contributed by atoms with E-state index in [1.807, 2.05) is 6.92 Å². The molecule has 134 valence electrons. The lowest BCUT2D eigenvalue weighted by atomic mass is 9.92. The van der Waals surface area contributed by atoms with Crippen LogP contribution in [0.4, 0.5) is 0 Å². The predicted molar refractivity (Wildman–Crippen MR) is 97.1 cm³/mol. The summed E-state index contributed by atoms with van der Waals surface area (Å²) in [6, 6.07) is 0. The summed E-state index contributed by atoms with van der Waals surface area (Å²) in [5.41, 5.74) is 0. The highest BCUT2D eigenvalue weighted by Crippen LogP contribution is 2.22. The molecule has 1 aromatic rings. The maximum absolute atomic E-state index is 4.99. The zero-order valence-corrected chi connectivity index (χ0v) is 15.6. The summed E-state index contributed by atoms with van der Waals surface area (Å²) in [6.07, 6.45) is 3.51. The summed E-state index contributed by atoms with van der Waals surface area (Å²) in [6.45, 7) is 14.0. The fourth-order valence-corrected chi connectivity index (χ4v) is 4.16. The molecule has 24 heavy (non-hydrogen) atoms. The summed E-state index contributed by atoms with van der Waals surface area (Å²) in [5, 5.41) is 12.0. The van der Waals surface area contributed by atoms with E-state index in [9.17, 15) is 0 Å². The largest absolute Gasteiger partial charge is 0.357 e. The highest BCUT2D eigenvalue weighted by Gasteiger charge is 2.25. The van der Waals surface area contributed by atoms with Crippen molar-refractivity contribution in [2.75, 3.05) is 26.2 Å². The first kappa shape index (κ1) is 17.2. The van der Waals surface area contributed by atoms with Crippen LogP contribution >= 0.6 is 0 Å². The number of rotatable bonds is 3. The second-order valence-electron chi connectivity index (χ2n) is 7.72. The van der Waals surface area contributed by atoms with Crippen molar-refractivity contribution in [1.29, 1.82) is 0 Å². The first-order valence-electron chi connectivity index (χ1n) is 9.48. The minimum Gasteiger partial charge on any atom is -0.357 e. The quantitative estimate of drug-likeness (QED) is 0.680. The first-order valence-corrected chi connectivity index (χ1v) is 9.48. The normalized spacial score (nSPS) is 27.9. The third kappa shape index (κ3) is 3.90. The average molecular weight is 332 g/mol. The molecule has 3 atom stereocenters. The standard InChI is InChI=1S/C18H32N6/c1-5-19-18(23-10-13(2)8-14(3)11-23)20-9-16-6-7-17-22-21-15(4)24(17)12-16/h13-14,16H,5-12H2,1-4H3,(H,19,20). The summed E-state index contributed by atoms with van der Waals surface area (Å²) < 4.78 is 2.27. The third-order valence-electron chi connectivity index (χ3n) is 5.23. The van der Waals surface area contributed by atoms with Gasteiger partial charge in [-0.05, 0) is 44.4 Å². The molecule has 6 nitrogen and oxygen atoms in total. The van der Waals surface area contributed by atoms with Gasteiger partial charge in [0.25, 0.3) is 0 Å².